The second-order valence-corrected chi connectivity index (χ2v) is 12.7. The van der Waals surface area contributed by atoms with Gasteiger partial charge in [-0.1, -0.05) is 89.4 Å². The zero-order valence-corrected chi connectivity index (χ0v) is 25.6. The fourth-order valence-electron chi connectivity index (χ4n) is 3.84. The maximum absolute atomic E-state index is 13.3. The number of carboxylic acid groups (broad SMARTS) is 1. The van der Waals surface area contributed by atoms with E-state index >= 15 is 0 Å². The molecule has 3 N–H and O–H groups in total. The van der Waals surface area contributed by atoms with Gasteiger partial charge < -0.3 is 10.4 Å². The van der Waals surface area contributed by atoms with Crippen LogP contribution >= 0.6 is 57.4 Å². The second kappa shape index (κ2) is 12.8. The molecule has 0 aromatic heterocycles. The summed E-state index contributed by atoms with van der Waals surface area (Å²) in [5.74, 6) is -2.01. The van der Waals surface area contributed by atoms with E-state index in [0.717, 1.165) is 17.2 Å². The molecule has 0 aliphatic heterocycles. The van der Waals surface area contributed by atoms with E-state index in [2.05, 4.69) is 10.0 Å². The Morgan fingerprint density at radius 3 is 2.10 bits per heavy atom. The monoisotopic (exact) mass is 728 g/mol. The lowest BCUT2D eigenvalue weighted by Crippen LogP contribution is -2.42. The molecule has 0 bridgehead atoms. The molecule has 0 saturated heterocycles. The smallest absolute Gasteiger partial charge is 0.326 e. The molecule has 4 aromatic carbocycles. The average molecular weight is 730 g/mol. The maximum atomic E-state index is 13.3. The van der Waals surface area contributed by atoms with Crippen molar-refractivity contribution >= 4 is 85.0 Å². The van der Waals surface area contributed by atoms with Gasteiger partial charge in [0.25, 0.3) is 15.9 Å². The topological polar surface area (TPSA) is 113 Å². The molecule has 12 heteroatoms. The number of halogens is 4. The minimum Gasteiger partial charge on any atom is -0.480 e. The van der Waals surface area contributed by atoms with Crippen molar-refractivity contribution in [3.8, 4) is 11.1 Å². The molecule has 1 atom stereocenters. The summed E-state index contributed by atoms with van der Waals surface area (Å²) in [6, 6.07) is 22.5. The Hall–Kier alpha value is -2.83. The fraction of sp³-hybridized carbons (Fsp3) is 0.0714. The Balaban J connectivity index is 1.56. The Morgan fingerprint density at radius 1 is 0.825 bits per heavy atom. The predicted octanol–water partition coefficient (Wildman–Crippen LogP) is 7.14. The van der Waals surface area contributed by atoms with Gasteiger partial charge in [-0.25, -0.2) is 13.2 Å². The highest BCUT2D eigenvalue weighted by molar-refractivity contribution is 14.1. The standard InChI is InChI=1S/C28H20Cl3IN2O5S/c29-21-14-23(31)26(15-22(21)30)40(38,39)34-24-11-10-19(32)13-20(24)27(35)33-25(28(36)37)12-16-6-8-18(9-7-16)17-4-2-1-3-5-17/h1-11,13-15,25,34H,12H2,(H,33,35)(H,36,37)/t25-/m0/s1. The maximum Gasteiger partial charge on any atom is 0.326 e. The van der Waals surface area contributed by atoms with Crippen molar-refractivity contribution in [3.05, 3.63) is 115 Å². The van der Waals surface area contributed by atoms with Crippen LogP contribution in [0.25, 0.3) is 11.1 Å². The number of hydrogen-bond donors (Lipinski definition) is 3. The highest BCUT2D eigenvalue weighted by atomic mass is 127. The number of anilines is 1. The van der Waals surface area contributed by atoms with Crippen molar-refractivity contribution in [2.45, 2.75) is 17.4 Å². The molecular formula is C28H20Cl3IN2O5S. The van der Waals surface area contributed by atoms with Crippen LogP contribution in [-0.4, -0.2) is 31.4 Å². The Bertz CT molecular complexity index is 1680. The van der Waals surface area contributed by atoms with Crippen molar-refractivity contribution < 1.29 is 23.1 Å². The molecule has 40 heavy (non-hydrogen) atoms. The lowest BCUT2D eigenvalue weighted by molar-refractivity contribution is -0.139. The summed E-state index contributed by atoms with van der Waals surface area (Å²) in [4.78, 5) is 25.0. The van der Waals surface area contributed by atoms with Crippen LogP contribution in [0.4, 0.5) is 5.69 Å². The van der Waals surface area contributed by atoms with Gasteiger partial charge in [0.1, 0.15) is 10.9 Å². The lowest BCUT2D eigenvalue weighted by Gasteiger charge is -2.18. The normalized spacial score (nSPS) is 12.0. The molecule has 0 saturated carbocycles. The van der Waals surface area contributed by atoms with Crippen molar-refractivity contribution in [2.24, 2.45) is 0 Å². The number of aliphatic carboxylic acids is 1. The highest BCUT2D eigenvalue weighted by Crippen LogP contribution is 2.33. The fourth-order valence-corrected chi connectivity index (χ4v) is 6.41. The van der Waals surface area contributed by atoms with Crippen molar-refractivity contribution in [3.63, 3.8) is 0 Å². The molecule has 0 radical (unpaired) electrons. The number of sulfonamides is 1. The molecule has 0 unspecified atom stereocenters. The molecule has 0 fully saturated rings. The molecule has 4 aromatic rings. The van der Waals surface area contributed by atoms with Gasteiger partial charge in [0.2, 0.25) is 0 Å². The summed E-state index contributed by atoms with van der Waals surface area (Å²) in [7, 11) is -4.30. The van der Waals surface area contributed by atoms with Crippen molar-refractivity contribution in [1.82, 2.24) is 5.32 Å². The van der Waals surface area contributed by atoms with Gasteiger partial charge in [0.15, 0.2) is 0 Å². The molecule has 0 aliphatic rings. The molecule has 206 valence electrons. The summed E-state index contributed by atoms with van der Waals surface area (Å²) in [6.07, 6.45) is 0.0139. The second-order valence-electron chi connectivity index (χ2n) is 8.62. The number of carbonyl (C=O) groups is 2. The van der Waals surface area contributed by atoms with Crippen LogP contribution in [0.2, 0.25) is 15.1 Å². The summed E-state index contributed by atoms with van der Waals surface area (Å²) in [5.41, 5.74) is 2.55. The number of hydrogen-bond acceptors (Lipinski definition) is 4. The Labute approximate surface area is 259 Å². The third-order valence-corrected chi connectivity index (χ3v) is 9.06. The highest BCUT2D eigenvalue weighted by Gasteiger charge is 2.26. The molecule has 0 heterocycles. The number of carbonyl (C=O) groups excluding carboxylic acids is 1. The zero-order valence-electron chi connectivity index (χ0n) is 20.4. The van der Waals surface area contributed by atoms with Crippen molar-refractivity contribution in [1.29, 1.82) is 0 Å². The van der Waals surface area contributed by atoms with E-state index in [-0.39, 0.29) is 37.6 Å². The van der Waals surface area contributed by atoms with E-state index in [9.17, 15) is 23.1 Å². The van der Waals surface area contributed by atoms with E-state index in [1.54, 1.807) is 18.2 Å². The number of benzene rings is 4. The lowest BCUT2D eigenvalue weighted by atomic mass is 10.0. The molecule has 4 rings (SSSR count). The van der Waals surface area contributed by atoms with E-state index in [1.165, 1.54) is 18.2 Å². The summed E-state index contributed by atoms with van der Waals surface area (Å²) in [5, 5.41) is 12.2. The van der Waals surface area contributed by atoms with Crippen LogP contribution in [0.3, 0.4) is 0 Å². The first-order chi connectivity index (χ1) is 18.9. The van der Waals surface area contributed by atoms with Gasteiger partial charge in [-0.3, -0.25) is 9.52 Å². The number of nitrogens with one attached hydrogen (secondary N) is 2. The average Bonchev–Trinajstić information content (AvgIpc) is 2.92. The van der Waals surface area contributed by atoms with Gasteiger partial charge in [-0.05, 0) is 69.6 Å². The first kappa shape index (κ1) is 30.1. The van der Waals surface area contributed by atoms with Gasteiger partial charge in [0.05, 0.1) is 26.3 Å². The van der Waals surface area contributed by atoms with Gasteiger partial charge in [-0.15, -0.1) is 0 Å². The third-order valence-electron chi connectivity index (χ3n) is 5.84. The van der Waals surface area contributed by atoms with Crippen LogP contribution in [0, 0.1) is 3.57 Å². The van der Waals surface area contributed by atoms with Gasteiger partial charge in [0, 0.05) is 9.99 Å². The van der Waals surface area contributed by atoms with E-state index < -0.39 is 27.9 Å². The molecule has 1 amide bonds. The minimum atomic E-state index is -4.30. The van der Waals surface area contributed by atoms with E-state index in [1.807, 2.05) is 65.1 Å². The summed E-state index contributed by atoms with van der Waals surface area (Å²) < 4.78 is 29.2. The van der Waals surface area contributed by atoms with Crippen LogP contribution in [0.5, 0.6) is 0 Å². The zero-order chi connectivity index (χ0) is 29.0. The van der Waals surface area contributed by atoms with Crippen LogP contribution < -0.4 is 10.0 Å². The molecule has 7 nitrogen and oxygen atoms in total. The van der Waals surface area contributed by atoms with Crippen LogP contribution in [0.1, 0.15) is 15.9 Å². The first-order valence-electron chi connectivity index (χ1n) is 11.6. The van der Waals surface area contributed by atoms with E-state index in [4.69, 9.17) is 34.8 Å². The molecule has 0 spiro atoms. The van der Waals surface area contributed by atoms with Crippen molar-refractivity contribution in [2.75, 3.05) is 4.72 Å². The number of rotatable bonds is 9. The largest absolute Gasteiger partial charge is 0.480 e. The minimum absolute atomic E-state index is 0.0139. The van der Waals surface area contributed by atoms with Gasteiger partial charge >= 0.3 is 5.97 Å². The molecule has 0 aliphatic carbocycles. The number of amides is 1. The first-order valence-corrected chi connectivity index (χ1v) is 15.3. The van der Waals surface area contributed by atoms with Crippen LogP contribution in [-0.2, 0) is 21.2 Å². The molecular weight excluding hydrogens is 710 g/mol. The van der Waals surface area contributed by atoms with Crippen LogP contribution in [0.15, 0.2) is 89.8 Å². The SMILES string of the molecule is O=C(N[C@@H](Cc1ccc(-c2ccccc2)cc1)C(=O)O)c1cc(I)ccc1NS(=O)(=O)c1cc(Cl)c(Cl)cc1Cl. The van der Waals surface area contributed by atoms with Gasteiger partial charge in [-0.2, -0.15) is 0 Å². The summed E-state index contributed by atoms with van der Waals surface area (Å²) >= 11 is 20.0. The summed E-state index contributed by atoms with van der Waals surface area (Å²) in [6.45, 7) is 0. The third kappa shape index (κ3) is 7.27. The van der Waals surface area contributed by atoms with E-state index in [0.29, 0.717) is 9.13 Å². The Kier molecular flexibility index (Phi) is 9.63. The quantitative estimate of drug-likeness (QED) is 0.125. The Morgan fingerprint density at radius 2 is 1.45 bits per heavy atom. The number of carboxylic acids is 1. The predicted molar refractivity (Wildman–Crippen MR) is 166 cm³/mol.